The van der Waals surface area contributed by atoms with Gasteiger partial charge in [0, 0.05) is 18.9 Å². The molecule has 0 aromatic carbocycles. The molecule has 0 bridgehead atoms. The Morgan fingerprint density at radius 2 is 1.95 bits per heavy atom. The highest BCUT2D eigenvalue weighted by Gasteiger charge is 2.30. The Labute approximate surface area is 110 Å². The number of alkyl halides is 3. The fourth-order valence-corrected chi connectivity index (χ4v) is 1.93. The van der Waals surface area contributed by atoms with Crippen LogP contribution >= 0.6 is 0 Å². The third-order valence-corrected chi connectivity index (χ3v) is 2.85. The van der Waals surface area contributed by atoms with E-state index < -0.39 is 18.2 Å². The third-order valence-electron chi connectivity index (χ3n) is 2.85. The summed E-state index contributed by atoms with van der Waals surface area (Å²) in [5.74, 6) is 0.590. The first-order chi connectivity index (χ1) is 8.61. The Morgan fingerprint density at radius 3 is 2.47 bits per heavy atom. The maximum absolute atomic E-state index is 12.1. The van der Waals surface area contributed by atoms with Gasteiger partial charge in [0.1, 0.15) is 12.2 Å². The minimum atomic E-state index is -4.17. The second-order valence-corrected chi connectivity index (χ2v) is 5.36. The number of aliphatic hydroxyl groups is 1. The molecule has 0 radical (unpaired) electrons. The molecule has 1 aromatic heterocycles. The van der Waals surface area contributed by atoms with Gasteiger partial charge >= 0.3 is 6.18 Å². The summed E-state index contributed by atoms with van der Waals surface area (Å²) >= 11 is 0. The van der Waals surface area contributed by atoms with Crippen LogP contribution in [0.5, 0.6) is 0 Å². The summed E-state index contributed by atoms with van der Waals surface area (Å²) in [5, 5.41) is 14.2. The summed E-state index contributed by atoms with van der Waals surface area (Å²) in [7, 11) is 0. The van der Waals surface area contributed by atoms with Crippen molar-refractivity contribution in [2.24, 2.45) is 0 Å². The van der Waals surface area contributed by atoms with Gasteiger partial charge in [0.25, 0.3) is 0 Å². The molecule has 0 fully saturated rings. The molecule has 110 valence electrons. The Hall–Kier alpha value is -1.11. The van der Waals surface area contributed by atoms with E-state index in [2.05, 4.69) is 10.1 Å². The first kappa shape index (κ1) is 15.9. The van der Waals surface area contributed by atoms with Crippen LogP contribution in [0, 0.1) is 0 Å². The zero-order chi connectivity index (χ0) is 14.7. The summed E-state index contributed by atoms with van der Waals surface area (Å²) in [6.07, 6.45) is -3.47. The first-order valence-corrected chi connectivity index (χ1v) is 6.28. The minimum Gasteiger partial charge on any atom is -0.390 e. The van der Waals surface area contributed by atoms with Gasteiger partial charge in [-0.15, -0.1) is 0 Å². The lowest BCUT2D eigenvalue weighted by atomic mass is 9.94. The van der Waals surface area contributed by atoms with E-state index >= 15 is 0 Å². The van der Waals surface area contributed by atoms with E-state index in [1.807, 2.05) is 13.8 Å². The van der Waals surface area contributed by atoms with Crippen LogP contribution in [-0.2, 0) is 6.42 Å². The quantitative estimate of drug-likeness (QED) is 0.871. The monoisotopic (exact) mass is 279 g/mol. The third kappa shape index (κ3) is 5.59. The molecule has 4 nitrogen and oxygen atoms in total. The maximum atomic E-state index is 12.1. The van der Waals surface area contributed by atoms with E-state index in [0.717, 1.165) is 0 Å². The lowest BCUT2D eigenvalue weighted by molar-refractivity contribution is -0.137. The zero-order valence-corrected chi connectivity index (χ0v) is 11.4. The fourth-order valence-electron chi connectivity index (χ4n) is 1.93. The first-order valence-electron chi connectivity index (χ1n) is 6.28. The molecule has 7 heteroatoms. The van der Waals surface area contributed by atoms with Crippen LogP contribution < -0.4 is 0 Å². The molecule has 1 aromatic rings. The van der Waals surface area contributed by atoms with Gasteiger partial charge in [0.05, 0.1) is 5.60 Å². The topological polar surface area (TPSA) is 50.9 Å². The van der Waals surface area contributed by atoms with E-state index in [1.54, 1.807) is 4.68 Å². The van der Waals surface area contributed by atoms with E-state index in [9.17, 15) is 18.3 Å². The molecule has 19 heavy (non-hydrogen) atoms. The molecular weight excluding hydrogens is 259 g/mol. The number of aromatic nitrogens is 3. The maximum Gasteiger partial charge on any atom is 0.389 e. The zero-order valence-electron chi connectivity index (χ0n) is 11.4. The molecule has 0 saturated heterocycles. The molecule has 1 rings (SSSR count). The van der Waals surface area contributed by atoms with E-state index in [0.29, 0.717) is 5.82 Å². The highest BCUT2D eigenvalue weighted by atomic mass is 19.4. The predicted octanol–water partition coefficient (Wildman–Crippen LogP) is 2.89. The number of rotatable bonds is 6. The largest absolute Gasteiger partial charge is 0.390 e. The SMILES string of the molecule is CC(C)n1ncnc1CC(C)(O)CCCC(F)(F)F. The fraction of sp³-hybridized carbons (Fsp3) is 0.833. The van der Waals surface area contributed by atoms with Crippen molar-refractivity contribution < 1.29 is 18.3 Å². The molecule has 1 heterocycles. The molecule has 1 N–H and O–H groups in total. The average Bonchev–Trinajstić information content (AvgIpc) is 2.62. The molecule has 0 amide bonds. The van der Waals surface area contributed by atoms with Crippen molar-refractivity contribution >= 4 is 0 Å². The van der Waals surface area contributed by atoms with Crippen LogP contribution in [0.4, 0.5) is 13.2 Å². The van der Waals surface area contributed by atoms with E-state index in [4.69, 9.17) is 0 Å². The van der Waals surface area contributed by atoms with Gasteiger partial charge in [-0.05, 0) is 33.6 Å². The summed E-state index contributed by atoms with van der Waals surface area (Å²) in [4.78, 5) is 4.05. The number of hydrogen-bond acceptors (Lipinski definition) is 3. The van der Waals surface area contributed by atoms with Gasteiger partial charge in [0.2, 0.25) is 0 Å². The van der Waals surface area contributed by atoms with Gasteiger partial charge in [-0.2, -0.15) is 18.3 Å². The Balaban J connectivity index is 2.56. The van der Waals surface area contributed by atoms with Crippen molar-refractivity contribution in [2.75, 3.05) is 0 Å². The van der Waals surface area contributed by atoms with Crippen molar-refractivity contribution in [3.63, 3.8) is 0 Å². The van der Waals surface area contributed by atoms with E-state index in [1.165, 1.54) is 13.3 Å². The average molecular weight is 279 g/mol. The van der Waals surface area contributed by atoms with Gasteiger partial charge < -0.3 is 5.11 Å². The van der Waals surface area contributed by atoms with Crippen molar-refractivity contribution in [3.05, 3.63) is 12.2 Å². The molecule has 0 aliphatic carbocycles. The molecule has 0 aliphatic heterocycles. The van der Waals surface area contributed by atoms with Gasteiger partial charge in [-0.25, -0.2) is 9.67 Å². The van der Waals surface area contributed by atoms with Crippen molar-refractivity contribution in [3.8, 4) is 0 Å². The summed E-state index contributed by atoms with van der Waals surface area (Å²) in [5.41, 5.74) is -1.20. The van der Waals surface area contributed by atoms with Crippen LogP contribution in [-0.4, -0.2) is 31.6 Å². The van der Waals surface area contributed by atoms with Crippen LogP contribution in [0.1, 0.15) is 51.9 Å². The Kier molecular flexibility index (Phi) is 4.95. The standard InChI is InChI=1S/C12H20F3N3O/c1-9(2)18-10(16-8-17-18)7-11(3,19)5-4-6-12(13,14)15/h8-9,19H,4-7H2,1-3H3. The molecule has 0 spiro atoms. The van der Waals surface area contributed by atoms with Gasteiger partial charge in [0.15, 0.2) is 0 Å². The smallest absolute Gasteiger partial charge is 0.389 e. The van der Waals surface area contributed by atoms with Gasteiger partial charge in [-0.1, -0.05) is 0 Å². The Bertz CT molecular complexity index is 399. The lowest BCUT2D eigenvalue weighted by Gasteiger charge is -2.23. The predicted molar refractivity (Wildman–Crippen MR) is 64.6 cm³/mol. The highest BCUT2D eigenvalue weighted by Crippen LogP contribution is 2.26. The van der Waals surface area contributed by atoms with Crippen LogP contribution in [0.2, 0.25) is 0 Å². The minimum absolute atomic E-state index is 0.0808. The summed E-state index contributed by atoms with van der Waals surface area (Å²) < 4.78 is 37.9. The molecule has 0 saturated carbocycles. The molecular formula is C12H20F3N3O. The highest BCUT2D eigenvalue weighted by molar-refractivity contribution is 4.94. The van der Waals surface area contributed by atoms with Crippen molar-refractivity contribution in [1.82, 2.24) is 14.8 Å². The normalized spacial score (nSPS) is 15.8. The van der Waals surface area contributed by atoms with Crippen LogP contribution in [0.15, 0.2) is 6.33 Å². The van der Waals surface area contributed by atoms with Crippen molar-refractivity contribution in [1.29, 1.82) is 0 Å². The Morgan fingerprint density at radius 1 is 1.32 bits per heavy atom. The number of hydrogen-bond donors (Lipinski definition) is 1. The van der Waals surface area contributed by atoms with Crippen LogP contribution in [0.25, 0.3) is 0 Å². The van der Waals surface area contributed by atoms with Crippen LogP contribution in [0.3, 0.4) is 0 Å². The molecule has 1 unspecified atom stereocenters. The number of halogens is 3. The molecule has 1 atom stereocenters. The summed E-state index contributed by atoms with van der Waals surface area (Å²) in [6, 6.07) is 0.100. The molecule has 0 aliphatic rings. The van der Waals surface area contributed by atoms with E-state index in [-0.39, 0.29) is 25.3 Å². The lowest BCUT2D eigenvalue weighted by Crippen LogP contribution is -2.29. The number of nitrogens with zero attached hydrogens (tertiary/aromatic N) is 3. The van der Waals surface area contributed by atoms with Gasteiger partial charge in [-0.3, -0.25) is 0 Å². The van der Waals surface area contributed by atoms with Crippen molar-refractivity contribution in [2.45, 2.75) is 64.3 Å². The summed E-state index contributed by atoms with van der Waals surface area (Å²) in [6.45, 7) is 5.38. The second kappa shape index (κ2) is 5.90. The second-order valence-electron chi connectivity index (χ2n) is 5.36.